The van der Waals surface area contributed by atoms with Gasteiger partial charge in [0.1, 0.15) is 0 Å². The molecule has 1 aromatic carbocycles. The Balaban J connectivity index is 2.56. The molecule has 3 rings (SSSR count). The summed E-state index contributed by atoms with van der Waals surface area (Å²) in [6.45, 7) is 0. The highest BCUT2D eigenvalue weighted by Crippen LogP contribution is 2.29. The molecule has 0 bridgehead atoms. The van der Waals surface area contributed by atoms with Crippen LogP contribution < -0.4 is 0 Å². The van der Waals surface area contributed by atoms with Crippen LogP contribution in [0.3, 0.4) is 0 Å². The highest BCUT2D eigenvalue weighted by Gasteiger charge is 2.06. The van der Waals surface area contributed by atoms with Crippen LogP contribution in [-0.2, 0) is 0 Å². The Morgan fingerprint density at radius 2 is 2.15 bits per heavy atom. The molecule has 1 nitrogen and oxygen atoms in total. The molecule has 0 spiro atoms. The van der Waals surface area contributed by atoms with Crippen LogP contribution >= 0.6 is 11.3 Å². The molecular formula is C11H7NS. The van der Waals surface area contributed by atoms with Crippen LogP contribution in [0.2, 0.25) is 0 Å². The van der Waals surface area contributed by atoms with Crippen LogP contribution in [0, 0.1) is 0 Å². The Hall–Kier alpha value is -1.41. The minimum absolute atomic E-state index is 1.24. The van der Waals surface area contributed by atoms with Crippen molar-refractivity contribution in [3.63, 3.8) is 0 Å². The molecule has 0 saturated carbocycles. The average molecular weight is 185 g/mol. The number of rotatable bonds is 0. The van der Waals surface area contributed by atoms with Crippen LogP contribution in [0.5, 0.6) is 0 Å². The molecule has 1 aliphatic heterocycles. The SMILES string of the molecule is C1=Cc2cccc3scc(c23)C=N1. The number of aliphatic imine (C=N–C) groups is 1. The molecular weight excluding hydrogens is 178 g/mol. The predicted octanol–water partition coefficient (Wildman–Crippen LogP) is 3.30. The van der Waals surface area contributed by atoms with Crippen molar-refractivity contribution in [2.75, 3.05) is 0 Å². The van der Waals surface area contributed by atoms with Gasteiger partial charge >= 0.3 is 0 Å². The Labute approximate surface area is 80.0 Å². The fourth-order valence-electron chi connectivity index (χ4n) is 1.62. The van der Waals surface area contributed by atoms with E-state index in [4.69, 9.17) is 0 Å². The van der Waals surface area contributed by atoms with E-state index in [2.05, 4.69) is 34.6 Å². The van der Waals surface area contributed by atoms with Gasteiger partial charge in [-0.2, -0.15) is 0 Å². The summed E-state index contributed by atoms with van der Waals surface area (Å²) in [5.74, 6) is 0. The first kappa shape index (κ1) is 7.04. The number of thiophene rings is 1. The first-order valence-electron chi connectivity index (χ1n) is 4.15. The monoisotopic (exact) mass is 185 g/mol. The van der Waals surface area contributed by atoms with Gasteiger partial charge in [0.05, 0.1) is 0 Å². The minimum atomic E-state index is 1.24. The summed E-state index contributed by atoms with van der Waals surface area (Å²) in [4.78, 5) is 4.18. The summed E-state index contributed by atoms with van der Waals surface area (Å²) >= 11 is 1.78. The van der Waals surface area contributed by atoms with Crippen LogP contribution in [0.15, 0.2) is 34.8 Å². The Bertz CT molecular complexity index is 520. The predicted molar refractivity (Wildman–Crippen MR) is 58.5 cm³/mol. The fourth-order valence-corrected chi connectivity index (χ4v) is 2.56. The highest BCUT2D eigenvalue weighted by molar-refractivity contribution is 7.17. The molecule has 1 aliphatic rings. The van der Waals surface area contributed by atoms with Crippen LogP contribution in [0.1, 0.15) is 11.1 Å². The van der Waals surface area contributed by atoms with Crippen molar-refractivity contribution < 1.29 is 0 Å². The molecule has 0 saturated heterocycles. The van der Waals surface area contributed by atoms with Crippen molar-refractivity contribution in [1.82, 2.24) is 0 Å². The highest BCUT2D eigenvalue weighted by atomic mass is 32.1. The van der Waals surface area contributed by atoms with Crippen LogP contribution in [0.4, 0.5) is 0 Å². The lowest BCUT2D eigenvalue weighted by Gasteiger charge is -1.95. The molecule has 0 amide bonds. The minimum Gasteiger partial charge on any atom is -0.264 e. The molecule has 0 unspecified atom stereocenters. The van der Waals surface area contributed by atoms with Gasteiger partial charge in [-0.15, -0.1) is 11.3 Å². The van der Waals surface area contributed by atoms with Crippen molar-refractivity contribution in [3.05, 3.63) is 40.9 Å². The van der Waals surface area contributed by atoms with Gasteiger partial charge in [-0.25, -0.2) is 0 Å². The molecule has 0 atom stereocenters. The van der Waals surface area contributed by atoms with Gasteiger partial charge in [-0.05, 0) is 17.7 Å². The summed E-state index contributed by atoms with van der Waals surface area (Å²) in [6.07, 6.45) is 5.83. The molecule has 0 N–H and O–H groups in total. The van der Waals surface area contributed by atoms with E-state index in [0.717, 1.165) is 0 Å². The van der Waals surface area contributed by atoms with E-state index in [1.807, 2.05) is 12.4 Å². The van der Waals surface area contributed by atoms with Crippen molar-refractivity contribution in [2.24, 2.45) is 4.99 Å². The Kier molecular flexibility index (Phi) is 1.37. The maximum atomic E-state index is 4.18. The molecule has 1 aromatic heterocycles. The van der Waals surface area contributed by atoms with Gasteiger partial charge in [0, 0.05) is 33.4 Å². The van der Waals surface area contributed by atoms with Gasteiger partial charge in [0.25, 0.3) is 0 Å². The van der Waals surface area contributed by atoms with E-state index in [1.54, 1.807) is 11.3 Å². The fraction of sp³-hybridized carbons (Fsp3) is 0. The molecule has 0 fully saturated rings. The Morgan fingerprint density at radius 1 is 1.15 bits per heavy atom. The molecule has 13 heavy (non-hydrogen) atoms. The van der Waals surface area contributed by atoms with E-state index in [-0.39, 0.29) is 0 Å². The summed E-state index contributed by atoms with van der Waals surface area (Å²) in [6, 6.07) is 6.37. The maximum absolute atomic E-state index is 4.18. The molecule has 2 heteroatoms. The molecule has 2 heterocycles. The lowest BCUT2D eigenvalue weighted by atomic mass is 10.1. The molecule has 62 valence electrons. The van der Waals surface area contributed by atoms with Gasteiger partial charge in [-0.3, -0.25) is 4.99 Å². The van der Waals surface area contributed by atoms with Gasteiger partial charge < -0.3 is 0 Å². The second-order valence-corrected chi connectivity index (χ2v) is 3.92. The molecule has 0 radical (unpaired) electrons. The quantitative estimate of drug-likeness (QED) is 0.597. The van der Waals surface area contributed by atoms with Gasteiger partial charge in [-0.1, -0.05) is 12.1 Å². The maximum Gasteiger partial charge on any atom is 0.0355 e. The number of hydrogen-bond donors (Lipinski definition) is 0. The third kappa shape index (κ3) is 0.956. The van der Waals surface area contributed by atoms with Crippen LogP contribution in [0.25, 0.3) is 16.2 Å². The standard InChI is InChI=1S/C11H7NS/c1-2-8-4-5-12-6-9-7-13-10(3-1)11(8)9/h1-7H. The third-order valence-electron chi connectivity index (χ3n) is 2.21. The van der Waals surface area contributed by atoms with Crippen LogP contribution in [-0.4, -0.2) is 6.21 Å². The van der Waals surface area contributed by atoms with E-state index in [9.17, 15) is 0 Å². The summed E-state index contributed by atoms with van der Waals surface area (Å²) < 4.78 is 1.34. The lowest BCUT2D eigenvalue weighted by Crippen LogP contribution is -1.77. The number of benzene rings is 1. The molecule has 2 aromatic rings. The largest absolute Gasteiger partial charge is 0.264 e. The third-order valence-corrected chi connectivity index (χ3v) is 3.18. The van der Waals surface area contributed by atoms with Crippen molar-refractivity contribution >= 4 is 33.7 Å². The first-order valence-corrected chi connectivity index (χ1v) is 5.03. The number of nitrogens with zero attached hydrogens (tertiary/aromatic N) is 1. The van der Waals surface area contributed by atoms with Crippen molar-refractivity contribution in [1.29, 1.82) is 0 Å². The molecule has 0 aliphatic carbocycles. The first-order chi connectivity index (χ1) is 6.45. The Morgan fingerprint density at radius 3 is 3.15 bits per heavy atom. The summed E-state index contributed by atoms with van der Waals surface area (Å²) in [5, 5.41) is 3.50. The van der Waals surface area contributed by atoms with E-state index >= 15 is 0 Å². The van der Waals surface area contributed by atoms with Crippen molar-refractivity contribution in [2.45, 2.75) is 0 Å². The van der Waals surface area contributed by atoms with E-state index < -0.39 is 0 Å². The van der Waals surface area contributed by atoms with E-state index in [0.29, 0.717) is 0 Å². The number of hydrogen-bond acceptors (Lipinski definition) is 2. The summed E-state index contributed by atoms with van der Waals surface area (Å²) in [7, 11) is 0. The second-order valence-electron chi connectivity index (χ2n) is 3.01. The average Bonchev–Trinajstić information content (AvgIpc) is 2.44. The normalized spacial score (nSPS) is 13.5. The lowest BCUT2D eigenvalue weighted by molar-refractivity contribution is 1.63. The zero-order chi connectivity index (χ0) is 8.67. The van der Waals surface area contributed by atoms with E-state index in [1.165, 1.54) is 21.2 Å². The van der Waals surface area contributed by atoms with Crippen molar-refractivity contribution in [3.8, 4) is 0 Å². The second kappa shape index (κ2) is 2.54. The zero-order valence-electron chi connectivity index (χ0n) is 6.90. The smallest absolute Gasteiger partial charge is 0.0355 e. The zero-order valence-corrected chi connectivity index (χ0v) is 7.71. The summed E-state index contributed by atoms with van der Waals surface area (Å²) in [5.41, 5.74) is 2.51. The van der Waals surface area contributed by atoms with Gasteiger partial charge in [0.2, 0.25) is 0 Å². The topological polar surface area (TPSA) is 12.4 Å². The van der Waals surface area contributed by atoms with Gasteiger partial charge in [0.15, 0.2) is 0 Å².